The molecule has 2 amide bonds. The predicted molar refractivity (Wildman–Crippen MR) is 109 cm³/mol. The molecule has 1 heterocycles. The van der Waals surface area contributed by atoms with Gasteiger partial charge in [-0.25, -0.2) is 0 Å². The second-order valence-corrected chi connectivity index (χ2v) is 8.30. The van der Waals surface area contributed by atoms with E-state index in [0.29, 0.717) is 18.7 Å². The fourth-order valence-electron chi connectivity index (χ4n) is 3.23. The molecule has 2 aromatic carbocycles. The van der Waals surface area contributed by atoms with Crippen molar-refractivity contribution in [2.24, 2.45) is 0 Å². The normalized spacial score (nSPS) is 16.6. The first kappa shape index (κ1) is 19.9. The first-order chi connectivity index (χ1) is 13.3. The SMILES string of the molecule is C[C@H]1COc2ccccc2CN1C(=O)CNC(=O)c1ccc(C(C)(C)C)cc1. The highest BCUT2D eigenvalue weighted by Crippen LogP contribution is 2.25. The highest BCUT2D eigenvalue weighted by molar-refractivity contribution is 5.96. The first-order valence-corrected chi connectivity index (χ1v) is 9.64. The second kappa shape index (κ2) is 8.05. The van der Waals surface area contributed by atoms with Crippen LogP contribution in [0.25, 0.3) is 0 Å². The monoisotopic (exact) mass is 380 g/mol. The molecule has 0 unspecified atom stereocenters. The van der Waals surface area contributed by atoms with Crippen LogP contribution in [0.1, 0.15) is 49.2 Å². The third-order valence-electron chi connectivity index (χ3n) is 5.06. The van der Waals surface area contributed by atoms with E-state index in [0.717, 1.165) is 16.9 Å². The summed E-state index contributed by atoms with van der Waals surface area (Å²) in [6.07, 6.45) is 0. The summed E-state index contributed by atoms with van der Waals surface area (Å²) in [6, 6.07) is 15.2. The zero-order valence-corrected chi connectivity index (χ0v) is 17.0. The maximum atomic E-state index is 12.7. The number of nitrogens with zero attached hydrogens (tertiary/aromatic N) is 1. The second-order valence-electron chi connectivity index (χ2n) is 8.30. The number of hydrogen-bond donors (Lipinski definition) is 1. The lowest BCUT2D eigenvalue weighted by Gasteiger charge is -2.26. The number of carbonyl (C=O) groups excluding carboxylic acids is 2. The van der Waals surface area contributed by atoms with E-state index in [1.807, 2.05) is 43.3 Å². The van der Waals surface area contributed by atoms with Crippen molar-refractivity contribution in [2.45, 2.75) is 45.7 Å². The van der Waals surface area contributed by atoms with Gasteiger partial charge in [0.2, 0.25) is 5.91 Å². The van der Waals surface area contributed by atoms with Gasteiger partial charge in [0, 0.05) is 17.7 Å². The molecule has 0 saturated carbocycles. The highest BCUT2D eigenvalue weighted by atomic mass is 16.5. The lowest BCUT2D eigenvalue weighted by atomic mass is 9.87. The van der Waals surface area contributed by atoms with Crippen LogP contribution >= 0.6 is 0 Å². The highest BCUT2D eigenvalue weighted by Gasteiger charge is 2.25. The van der Waals surface area contributed by atoms with E-state index in [1.54, 1.807) is 17.0 Å². The molecule has 0 fully saturated rings. The number of fused-ring (bicyclic) bond motifs is 1. The van der Waals surface area contributed by atoms with Crippen molar-refractivity contribution in [2.75, 3.05) is 13.2 Å². The summed E-state index contributed by atoms with van der Waals surface area (Å²) < 4.78 is 5.79. The van der Waals surface area contributed by atoms with E-state index < -0.39 is 0 Å². The Morgan fingerprint density at radius 2 is 1.79 bits per heavy atom. The molecule has 5 nitrogen and oxygen atoms in total. The fourth-order valence-corrected chi connectivity index (χ4v) is 3.23. The summed E-state index contributed by atoms with van der Waals surface area (Å²) in [4.78, 5) is 26.9. The van der Waals surface area contributed by atoms with Crippen molar-refractivity contribution >= 4 is 11.8 Å². The molecule has 5 heteroatoms. The third-order valence-corrected chi connectivity index (χ3v) is 5.06. The molecule has 3 rings (SSSR count). The maximum Gasteiger partial charge on any atom is 0.251 e. The fraction of sp³-hybridized carbons (Fsp3) is 0.391. The molecule has 0 radical (unpaired) electrons. The molecule has 0 spiro atoms. The van der Waals surface area contributed by atoms with Crippen molar-refractivity contribution < 1.29 is 14.3 Å². The number of benzene rings is 2. The lowest BCUT2D eigenvalue weighted by molar-refractivity contribution is -0.133. The Hall–Kier alpha value is -2.82. The van der Waals surface area contributed by atoms with Crippen LogP contribution in [0.2, 0.25) is 0 Å². The van der Waals surface area contributed by atoms with E-state index >= 15 is 0 Å². The van der Waals surface area contributed by atoms with Crippen molar-refractivity contribution in [3.8, 4) is 5.75 Å². The topological polar surface area (TPSA) is 58.6 Å². The molecule has 0 aliphatic carbocycles. The standard InChI is InChI=1S/C23H28N2O3/c1-16-15-28-20-8-6-5-7-18(20)14-25(16)21(26)13-24-22(27)17-9-11-19(12-10-17)23(2,3)4/h5-12,16H,13-15H2,1-4H3,(H,24,27)/t16-/m0/s1. The predicted octanol–water partition coefficient (Wildman–Crippen LogP) is 3.52. The minimum atomic E-state index is -0.243. The number of nitrogens with one attached hydrogen (secondary N) is 1. The lowest BCUT2D eigenvalue weighted by Crippen LogP contribution is -2.45. The van der Waals surface area contributed by atoms with Gasteiger partial charge in [-0.1, -0.05) is 51.1 Å². The Labute approximate surface area is 166 Å². The average Bonchev–Trinajstić information content (AvgIpc) is 2.84. The van der Waals surface area contributed by atoms with Gasteiger partial charge < -0.3 is 15.0 Å². The molecule has 2 aromatic rings. The van der Waals surface area contributed by atoms with Gasteiger partial charge in [-0.3, -0.25) is 9.59 Å². The Kier molecular flexibility index (Phi) is 5.73. The zero-order chi connectivity index (χ0) is 20.3. The van der Waals surface area contributed by atoms with Crippen LogP contribution < -0.4 is 10.1 Å². The van der Waals surface area contributed by atoms with E-state index in [4.69, 9.17) is 4.74 Å². The van der Waals surface area contributed by atoms with Crippen molar-refractivity contribution in [3.05, 3.63) is 65.2 Å². The molecule has 1 atom stereocenters. The maximum absolute atomic E-state index is 12.7. The molecule has 1 aliphatic rings. The molecule has 1 aliphatic heterocycles. The van der Waals surface area contributed by atoms with Crippen LogP contribution in [0, 0.1) is 0 Å². The molecule has 0 bridgehead atoms. The van der Waals surface area contributed by atoms with Crippen molar-refractivity contribution in [1.82, 2.24) is 10.2 Å². The molecule has 148 valence electrons. The van der Waals surface area contributed by atoms with Crippen molar-refractivity contribution in [1.29, 1.82) is 0 Å². The zero-order valence-electron chi connectivity index (χ0n) is 17.0. The average molecular weight is 380 g/mol. The van der Waals surface area contributed by atoms with Crippen LogP contribution in [0.15, 0.2) is 48.5 Å². The van der Waals surface area contributed by atoms with E-state index in [2.05, 4.69) is 26.1 Å². The van der Waals surface area contributed by atoms with Gasteiger partial charge in [-0.15, -0.1) is 0 Å². The van der Waals surface area contributed by atoms with E-state index in [-0.39, 0.29) is 29.8 Å². The van der Waals surface area contributed by atoms with Crippen LogP contribution in [-0.2, 0) is 16.8 Å². The smallest absolute Gasteiger partial charge is 0.251 e. The molecule has 0 saturated heterocycles. The quantitative estimate of drug-likeness (QED) is 0.886. The summed E-state index contributed by atoms with van der Waals surface area (Å²) in [6.45, 7) is 9.22. The Morgan fingerprint density at radius 1 is 1.11 bits per heavy atom. The van der Waals surface area contributed by atoms with Crippen LogP contribution in [0.5, 0.6) is 5.75 Å². The van der Waals surface area contributed by atoms with E-state index in [9.17, 15) is 9.59 Å². The molecule has 0 aromatic heterocycles. The van der Waals surface area contributed by atoms with Gasteiger partial charge in [0.1, 0.15) is 12.4 Å². The van der Waals surface area contributed by atoms with Crippen LogP contribution in [0.4, 0.5) is 0 Å². The summed E-state index contributed by atoms with van der Waals surface area (Å²) in [5.41, 5.74) is 2.73. The first-order valence-electron chi connectivity index (χ1n) is 9.64. The third kappa shape index (κ3) is 4.53. The van der Waals surface area contributed by atoms with Gasteiger partial charge >= 0.3 is 0 Å². The number of para-hydroxylation sites is 1. The van der Waals surface area contributed by atoms with Gasteiger partial charge in [0.15, 0.2) is 0 Å². The van der Waals surface area contributed by atoms with Crippen LogP contribution in [-0.4, -0.2) is 35.9 Å². The Morgan fingerprint density at radius 3 is 2.46 bits per heavy atom. The summed E-state index contributed by atoms with van der Waals surface area (Å²) in [5.74, 6) is 0.452. The Balaban J connectivity index is 1.62. The Bertz CT molecular complexity index is 853. The number of amides is 2. The molecular formula is C23H28N2O3. The number of ether oxygens (including phenoxy) is 1. The summed E-state index contributed by atoms with van der Waals surface area (Å²) in [5, 5.41) is 2.75. The van der Waals surface area contributed by atoms with Gasteiger partial charge in [0.25, 0.3) is 5.91 Å². The van der Waals surface area contributed by atoms with Gasteiger partial charge in [-0.05, 0) is 36.1 Å². The molecule has 28 heavy (non-hydrogen) atoms. The minimum absolute atomic E-state index is 0.0340. The summed E-state index contributed by atoms with van der Waals surface area (Å²) in [7, 11) is 0. The number of hydrogen-bond acceptors (Lipinski definition) is 3. The van der Waals surface area contributed by atoms with Gasteiger partial charge in [-0.2, -0.15) is 0 Å². The summed E-state index contributed by atoms with van der Waals surface area (Å²) >= 11 is 0. The molecule has 1 N–H and O–H groups in total. The number of carbonyl (C=O) groups is 2. The number of rotatable bonds is 3. The van der Waals surface area contributed by atoms with Gasteiger partial charge in [0.05, 0.1) is 12.6 Å². The minimum Gasteiger partial charge on any atom is -0.491 e. The van der Waals surface area contributed by atoms with E-state index in [1.165, 1.54) is 0 Å². The van der Waals surface area contributed by atoms with Crippen LogP contribution in [0.3, 0.4) is 0 Å². The molecular weight excluding hydrogens is 352 g/mol. The largest absolute Gasteiger partial charge is 0.491 e. The van der Waals surface area contributed by atoms with Crippen molar-refractivity contribution in [3.63, 3.8) is 0 Å².